The predicted octanol–water partition coefficient (Wildman–Crippen LogP) is 0.826. The molecule has 1 aliphatic carbocycles. The van der Waals surface area contributed by atoms with Gasteiger partial charge in [0.25, 0.3) is 10.1 Å². The van der Waals surface area contributed by atoms with Crippen LogP contribution >= 0.6 is 0 Å². The molecule has 0 atom stereocenters. The first kappa shape index (κ1) is 15.0. The van der Waals surface area contributed by atoms with Crippen LogP contribution in [0, 0.1) is 0 Å². The Morgan fingerprint density at radius 2 is 1.22 bits per heavy atom. The van der Waals surface area contributed by atoms with E-state index in [9.17, 15) is 37.9 Å². The highest BCUT2D eigenvalue weighted by molar-refractivity contribution is 7.86. The quantitative estimate of drug-likeness (QED) is 0.377. The summed E-state index contributed by atoms with van der Waals surface area (Å²) in [6.45, 7) is 0. The van der Waals surface area contributed by atoms with Gasteiger partial charge in [0.15, 0.2) is 28.0 Å². The van der Waals surface area contributed by atoms with Gasteiger partial charge >= 0.3 is 0 Å². The summed E-state index contributed by atoms with van der Waals surface area (Å²) in [6.07, 6.45) is 0. The van der Waals surface area contributed by atoms with E-state index in [1.807, 2.05) is 0 Å². The van der Waals surface area contributed by atoms with E-state index in [-0.39, 0.29) is 11.1 Å². The Balaban J connectivity index is 2.55. The van der Waals surface area contributed by atoms with Crippen molar-refractivity contribution in [3.8, 4) is 17.2 Å². The minimum absolute atomic E-state index is 0.105. The molecule has 0 fully saturated rings. The van der Waals surface area contributed by atoms with Gasteiger partial charge in [0.1, 0.15) is 0 Å². The van der Waals surface area contributed by atoms with Gasteiger partial charge in [-0.25, -0.2) is 0 Å². The van der Waals surface area contributed by atoms with Gasteiger partial charge in [-0.15, -0.1) is 0 Å². The highest BCUT2D eigenvalue weighted by atomic mass is 32.2. The number of phenols is 3. The van der Waals surface area contributed by atoms with Crippen LogP contribution in [0.1, 0.15) is 31.8 Å². The van der Waals surface area contributed by atoms with Crippen LogP contribution in [0.2, 0.25) is 0 Å². The third-order valence-corrected chi connectivity index (χ3v) is 4.42. The molecule has 0 spiro atoms. The smallest absolute Gasteiger partial charge is 0.299 e. The summed E-state index contributed by atoms with van der Waals surface area (Å²) in [4.78, 5) is 23.6. The monoisotopic (exact) mass is 336 g/mol. The van der Waals surface area contributed by atoms with Crippen LogP contribution < -0.4 is 0 Å². The minimum Gasteiger partial charge on any atom is -0.504 e. The first-order valence-corrected chi connectivity index (χ1v) is 7.57. The first-order chi connectivity index (χ1) is 10.7. The standard InChI is InChI=1S/C14H8O8S/c15-9-5-3-1-2-4-6(5)10(16)8-7(9)11(17)12(18)13(19)14(8)23(20,21)22/h1-4,17-19H,(H,20,21,22). The second-order valence-corrected chi connectivity index (χ2v) is 6.16. The summed E-state index contributed by atoms with van der Waals surface area (Å²) in [5.74, 6) is -5.79. The van der Waals surface area contributed by atoms with Gasteiger partial charge in [0.05, 0.1) is 11.1 Å². The Morgan fingerprint density at radius 3 is 1.70 bits per heavy atom. The fraction of sp³-hybridized carbons (Fsp3) is 0. The molecule has 0 heterocycles. The van der Waals surface area contributed by atoms with E-state index in [1.54, 1.807) is 0 Å². The lowest BCUT2D eigenvalue weighted by atomic mass is 9.83. The van der Waals surface area contributed by atoms with Gasteiger partial charge in [-0.2, -0.15) is 8.42 Å². The molecule has 9 heteroatoms. The van der Waals surface area contributed by atoms with E-state index in [0.29, 0.717) is 0 Å². The molecule has 0 unspecified atom stereocenters. The Hall–Kier alpha value is -2.91. The Kier molecular flexibility index (Phi) is 2.96. The van der Waals surface area contributed by atoms with Crippen LogP contribution in [0.3, 0.4) is 0 Å². The van der Waals surface area contributed by atoms with Gasteiger partial charge in [-0.1, -0.05) is 24.3 Å². The summed E-state index contributed by atoms with van der Waals surface area (Å²) in [7, 11) is -5.17. The molecule has 0 radical (unpaired) electrons. The van der Waals surface area contributed by atoms with E-state index >= 15 is 0 Å². The normalized spacial score (nSPS) is 13.6. The number of benzene rings is 2. The van der Waals surface area contributed by atoms with E-state index in [0.717, 1.165) is 0 Å². The van der Waals surface area contributed by atoms with Gasteiger partial charge in [-0.3, -0.25) is 14.1 Å². The molecule has 4 N–H and O–H groups in total. The van der Waals surface area contributed by atoms with Crippen molar-refractivity contribution >= 4 is 21.7 Å². The lowest BCUT2D eigenvalue weighted by Crippen LogP contribution is -2.24. The summed E-state index contributed by atoms with van der Waals surface area (Å²) >= 11 is 0. The van der Waals surface area contributed by atoms with Crippen LogP contribution in [-0.2, 0) is 10.1 Å². The topological polar surface area (TPSA) is 149 Å². The van der Waals surface area contributed by atoms with Crippen LogP contribution in [0.5, 0.6) is 17.2 Å². The zero-order valence-electron chi connectivity index (χ0n) is 11.1. The number of rotatable bonds is 1. The van der Waals surface area contributed by atoms with E-state index in [4.69, 9.17) is 0 Å². The number of carbonyl (C=O) groups excluding carboxylic acids is 2. The number of fused-ring (bicyclic) bond motifs is 2. The van der Waals surface area contributed by atoms with Crippen LogP contribution in [0.25, 0.3) is 0 Å². The molecule has 2 aromatic carbocycles. The molecule has 0 bridgehead atoms. The van der Waals surface area contributed by atoms with Crippen molar-refractivity contribution in [2.45, 2.75) is 4.90 Å². The lowest BCUT2D eigenvalue weighted by molar-refractivity contribution is 0.0972. The van der Waals surface area contributed by atoms with Crippen molar-refractivity contribution in [3.63, 3.8) is 0 Å². The molecule has 23 heavy (non-hydrogen) atoms. The minimum atomic E-state index is -5.17. The number of phenolic OH excluding ortho intramolecular Hbond substituents is 3. The van der Waals surface area contributed by atoms with E-state index in [2.05, 4.69) is 0 Å². The fourth-order valence-electron chi connectivity index (χ4n) is 2.53. The van der Waals surface area contributed by atoms with Gasteiger partial charge < -0.3 is 15.3 Å². The van der Waals surface area contributed by atoms with Crippen molar-refractivity contribution in [1.82, 2.24) is 0 Å². The van der Waals surface area contributed by atoms with Gasteiger partial charge in [0.2, 0.25) is 5.75 Å². The van der Waals surface area contributed by atoms with Gasteiger partial charge in [0, 0.05) is 11.1 Å². The largest absolute Gasteiger partial charge is 0.504 e. The van der Waals surface area contributed by atoms with Crippen molar-refractivity contribution in [1.29, 1.82) is 0 Å². The van der Waals surface area contributed by atoms with Crippen LogP contribution in [0.4, 0.5) is 0 Å². The third kappa shape index (κ3) is 1.91. The summed E-state index contributed by atoms with van der Waals surface area (Å²) < 4.78 is 32.2. The zero-order chi connectivity index (χ0) is 17.1. The molecule has 3 rings (SSSR count). The Bertz CT molecular complexity index is 1000. The van der Waals surface area contributed by atoms with Crippen LogP contribution in [-0.4, -0.2) is 39.9 Å². The third-order valence-electron chi connectivity index (χ3n) is 3.51. The lowest BCUT2D eigenvalue weighted by Gasteiger charge is -2.21. The SMILES string of the molecule is O=C1c2ccccc2C(=O)c2c1c(O)c(O)c(O)c2S(=O)(=O)O. The number of aromatic hydroxyl groups is 3. The Labute approximate surface area is 129 Å². The summed E-state index contributed by atoms with van der Waals surface area (Å²) in [6, 6.07) is 5.43. The number of hydrogen-bond donors (Lipinski definition) is 4. The molecule has 118 valence electrons. The Morgan fingerprint density at radius 1 is 0.739 bits per heavy atom. The number of carbonyl (C=O) groups is 2. The molecule has 8 nitrogen and oxygen atoms in total. The molecule has 1 aliphatic rings. The maximum absolute atomic E-state index is 12.5. The molecule has 0 saturated carbocycles. The molecular weight excluding hydrogens is 328 g/mol. The highest BCUT2D eigenvalue weighted by Gasteiger charge is 2.41. The molecule has 2 aromatic rings. The van der Waals surface area contributed by atoms with Crippen molar-refractivity contribution in [3.05, 3.63) is 46.5 Å². The van der Waals surface area contributed by atoms with E-state index in [1.165, 1.54) is 24.3 Å². The molecular formula is C14H8O8S. The van der Waals surface area contributed by atoms with Crippen molar-refractivity contribution in [2.24, 2.45) is 0 Å². The van der Waals surface area contributed by atoms with Crippen molar-refractivity contribution < 1.29 is 37.9 Å². The zero-order valence-corrected chi connectivity index (χ0v) is 12.0. The maximum Gasteiger partial charge on any atom is 0.299 e. The molecule has 0 aliphatic heterocycles. The average molecular weight is 336 g/mol. The van der Waals surface area contributed by atoms with E-state index < -0.39 is 55.0 Å². The average Bonchev–Trinajstić information content (AvgIpc) is 2.48. The number of hydrogen-bond acceptors (Lipinski definition) is 7. The summed E-state index contributed by atoms with van der Waals surface area (Å²) in [5.41, 5.74) is -1.94. The fourth-order valence-corrected chi connectivity index (χ4v) is 3.32. The highest BCUT2D eigenvalue weighted by Crippen LogP contribution is 2.48. The predicted molar refractivity (Wildman–Crippen MR) is 74.6 cm³/mol. The van der Waals surface area contributed by atoms with Crippen LogP contribution in [0.15, 0.2) is 29.2 Å². The number of ketones is 2. The summed E-state index contributed by atoms with van der Waals surface area (Å²) in [5, 5.41) is 29.2. The molecule has 0 saturated heterocycles. The second-order valence-electron chi connectivity index (χ2n) is 4.80. The first-order valence-electron chi connectivity index (χ1n) is 6.13. The van der Waals surface area contributed by atoms with Crippen molar-refractivity contribution in [2.75, 3.05) is 0 Å². The second kappa shape index (κ2) is 4.54. The molecule has 0 aromatic heterocycles. The van der Waals surface area contributed by atoms with Gasteiger partial charge in [-0.05, 0) is 0 Å². The maximum atomic E-state index is 12.5. The molecule has 0 amide bonds.